The zero-order valence-corrected chi connectivity index (χ0v) is 12.3. The molecule has 2 heteroatoms. The second-order valence-corrected chi connectivity index (χ2v) is 6.19. The van der Waals surface area contributed by atoms with Crippen molar-refractivity contribution >= 4 is 11.2 Å². The lowest BCUT2D eigenvalue weighted by Crippen LogP contribution is -2.04. The molecule has 0 aliphatic rings. The van der Waals surface area contributed by atoms with Gasteiger partial charge in [-0.1, -0.05) is 35.4 Å². The van der Waals surface area contributed by atoms with Gasteiger partial charge in [0.05, 0.1) is 0 Å². The summed E-state index contributed by atoms with van der Waals surface area (Å²) in [5.41, 5.74) is 2.67. The summed E-state index contributed by atoms with van der Waals surface area (Å²) in [6, 6.07) is 9.64. The van der Waals surface area contributed by atoms with Crippen LogP contribution in [-0.2, 0) is 11.2 Å². The van der Waals surface area contributed by atoms with Crippen LogP contribution in [0.25, 0.3) is 0 Å². The standard InChI is InChI=1S/C16H22OS/c1-14(2)8-7-9-15(3)12-13-18(17)16-10-5-4-6-11-16/h4-6,8,10-12H,7,9,13H2,1-3H3. The molecule has 0 aliphatic heterocycles. The van der Waals surface area contributed by atoms with Crippen LogP contribution < -0.4 is 0 Å². The fourth-order valence-electron chi connectivity index (χ4n) is 1.58. The smallest absolute Gasteiger partial charge is 0.152 e. The fraction of sp³-hybridized carbons (Fsp3) is 0.375. The summed E-state index contributed by atoms with van der Waals surface area (Å²) in [6.45, 7) is 6.34. The first kappa shape index (κ1) is 15.1. The maximum Gasteiger partial charge on any atom is 0.152 e. The Morgan fingerprint density at radius 1 is 1.11 bits per heavy atom. The van der Waals surface area contributed by atoms with E-state index in [1.807, 2.05) is 30.3 Å². The van der Waals surface area contributed by atoms with Crippen molar-refractivity contribution in [2.75, 3.05) is 5.75 Å². The van der Waals surface area contributed by atoms with Crippen LogP contribution in [0, 0.1) is 0 Å². The largest absolute Gasteiger partial charge is 0.611 e. The molecular formula is C16H22OS. The average Bonchev–Trinajstić information content (AvgIpc) is 2.36. The van der Waals surface area contributed by atoms with Gasteiger partial charge in [-0.3, -0.25) is 0 Å². The monoisotopic (exact) mass is 262 g/mol. The number of rotatable bonds is 6. The predicted octanol–water partition coefficient (Wildman–Crippen LogP) is 4.49. The van der Waals surface area contributed by atoms with Crippen molar-refractivity contribution in [2.24, 2.45) is 0 Å². The molecule has 18 heavy (non-hydrogen) atoms. The van der Waals surface area contributed by atoms with Gasteiger partial charge in [-0.15, -0.1) is 0 Å². The molecule has 1 aromatic rings. The minimum atomic E-state index is -0.910. The van der Waals surface area contributed by atoms with E-state index in [1.165, 1.54) is 11.1 Å². The summed E-state index contributed by atoms with van der Waals surface area (Å²) in [7, 11) is 0. The van der Waals surface area contributed by atoms with Crippen LogP contribution in [0.2, 0.25) is 0 Å². The molecule has 0 radical (unpaired) electrons. The molecule has 0 fully saturated rings. The van der Waals surface area contributed by atoms with Crippen molar-refractivity contribution in [1.29, 1.82) is 0 Å². The molecule has 0 aliphatic carbocycles. The van der Waals surface area contributed by atoms with Crippen molar-refractivity contribution < 1.29 is 4.55 Å². The van der Waals surface area contributed by atoms with Gasteiger partial charge in [0.15, 0.2) is 4.90 Å². The van der Waals surface area contributed by atoms with Crippen molar-refractivity contribution in [1.82, 2.24) is 0 Å². The summed E-state index contributed by atoms with van der Waals surface area (Å²) < 4.78 is 12.0. The first-order valence-corrected chi connectivity index (χ1v) is 7.64. The van der Waals surface area contributed by atoms with Crippen LogP contribution in [0.4, 0.5) is 0 Å². The van der Waals surface area contributed by atoms with Crippen LogP contribution in [0.1, 0.15) is 33.6 Å². The SMILES string of the molecule is CC(C)=CCCC(C)=CC[S+]([O-])c1ccccc1. The lowest BCUT2D eigenvalue weighted by atomic mass is 10.1. The van der Waals surface area contributed by atoms with E-state index in [4.69, 9.17) is 0 Å². The van der Waals surface area contributed by atoms with Gasteiger partial charge in [0.2, 0.25) is 0 Å². The summed E-state index contributed by atoms with van der Waals surface area (Å²) in [6.07, 6.45) is 6.47. The zero-order valence-electron chi connectivity index (χ0n) is 11.5. The van der Waals surface area contributed by atoms with Crippen molar-refractivity contribution in [3.05, 3.63) is 53.6 Å². The molecule has 1 nitrogen and oxygen atoms in total. The van der Waals surface area contributed by atoms with E-state index < -0.39 is 11.2 Å². The van der Waals surface area contributed by atoms with Gasteiger partial charge >= 0.3 is 0 Å². The van der Waals surface area contributed by atoms with Crippen LogP contribution >= 0.6 is 0 Å². The molecule has 1 atom stereocenters. The predicted molar refractivity (Wildman–Crippen MR) is 80.1 cm³/mol. The molecule has 0 aromatic heterocycles. The first-order valence-electron chi connectivity index (χ1n) is 6.32. The molecule has 0 bridgehead atoms. The Hall–Kier alpha value is -0.990. The minimum Gasteiger partial charge on any atom is -0.611 e. The molecule has 0 heterocycles. The topological polar surface area (TPSA) is 23.1 Å². The highest BCUT2D eigenvalue weighted by atomic mass is 32.2. The Bertz CT molecular complexity index is 402. The van der Waals surface area contributed by atoms with E-state index in [-0.39, 0.29) is 0 Å². The molecule has 0 saturated heterocycles. The second-order valence-electron chi connectivity index (χ2n) is 4.70. The number of benzene rings is 1. The van der Waals surface area contributed by atoms with Gasteiger partial charge in [-0.25, -0.2) is 0 Å². The third-order valence-electron chi connectivity index (χ3n) is 2.68. The highest BCUT2D eigenvalue weighted by Crippen LogP contribution is 2.12. The van der Waals surface area contributed by atoms with E-state index in [9.17, 15) is 4.55 Å². The molecular weight excluding hydrogens is 240 g/mol. The lowest BCUT2D eigenvalue weighted by molar-refractivity contribution is 0.598. The quantitative estimate of drug-likeness (QED) is 0.547. The number of hydrogen-bond acceptors (Lipinski definition) is 1. The average molecular weight is 262 g/mol. The van der Waals surface area contributed by atoms with Crippen LogP contribution in [0.3, 0.4) is 0 Å². The normalized spacial score (nSPS) is 13.2. The third kappa shape index (κ3) is 6.08. The number of hydrogen-bond donors (Lipinski definition) is 0. The molecule has 0 spiro atoms. The zero-order chi connectivity index (χ0) is 13.4. The maximum atomic E-state index is 12.0. The van der Waals surface area contributed by atoms with Crippen molar-refractivity contribution in [3.8, 4) is 0 Å². The molecule has 1 rings (SSSR count). The van der Waals surface area contributed by atoms with Crippen LogP contribution in [-0.4, -0.2) is 10.3 Å². The number of allylic oxidation sites excluding steroid dienone is 3. The fourth-order valence-corrected chi connectivity index (χ4v) is 2.67. The van der Waals surface area contributed by atoms with E-state index in [1.54, 1.807) is 0 Å². The molecule has 1 aromatic carbocycles. The van der Waals surface area contributed by atoms with Crippen LogP contribution in [0.5, 0.6) is 0 Å². The van der Waals surface area contributed by atoms with Crippen LogP contribution in [0.15, 0.2) is 58.5 Å². The van der Waals surface area contributed by atoms with E-state index >= 15 is 0 Å². The van der Waals surface area contributed by atoms with Crippen molar-refractivity contribution in [2.45, 2.75) is 38.5 Å². The second kappa shape index (κ2) is 8.17. The molecule has 1 unspecified atom stereocenters. The van der Waals surface area contributed by atoms with E-state index in [2.05, 4.69) is 32.9 Å². The van der Waals surface area contributed by atoms with Gasteiger partial charge in [-0.05, 0) is 63.0 Å². The molecule has 0 N–H and O–H groups in total. The molecule has 0 amide bonds. The van der Waals surface area contributed by atoms with Gasteiger partial charge in [0, 0.05) is 0 Å². The van der Waals surface area contributed by atoms with Gasteiger partial charge in [0.25, 0.3) is 0 Å². The third-order valence-corrected chi connectivity index (χ3v) is 3.95. The van der Waals surface area contributed by atoms with Gasteiger partial charge in [-0.2, -0.15) is 0 Å². The summed E-state index contributed by atoms with van der Waals surface area (Å²) in [5.74, 6) is 0.616. The Balaban J connectivity index is 2.41. The Morgan fingerprint density at radius 2 is 1.78 bits per heavy atom. The van der Waals surface area contributed by atoms with Gasteiger partial charge < -0.3 is 4.55 Å². The van der Waals surface area contributed by atoms with E-state index in [0.29, 0.717) is 5.75 Å². The summed E-state index contributed by atoms with van der Waals surface area (Å²) in [5, 5.41) is 0. The Morgan fingerprint density at radius 3 is 2.39 bits per heavy atom. The van der Waals surface area contributed by atoms with E-state index in [0.717, 1.165) is 17.7 Å². The van der Waals surface area contributed by atoms with Gasteiger partial charge in [0.1, 0.15) is 5.75 Å². The first-order chi connectivity index (χ1) is 8.59. The highest BCUT2D eigenvalue weighted by Gasteiger charge is 2.07. The van der Waals surface area contributed by atoms with Crippen molar-refractivity contribution in [3.63, 3.8) is 0 Å². The minimum absolute atomic E-state index is 0.616. The maximum absolute atomic E-state index is 12.0. The molecule has 98 valence electrons. The highest BCUT2D eigenvalue weighted by molar-refractivity contribution is 7.91. The summed E-state index contributed by atoms with van der Waals surface area (Å²) in [4.78, 5) is 0.908. The Kier molecular flexibility index (Phi) is 6.84. The lowest BCUT2D eigenvalue weighted by Gasteiger charge is -2.08. The Labute approximate surface area is 114 Å². The summed E-state index contributed by atoms with van der Waals surface area (Å²) >= 11 is -0.910. The molecule has 0 saturated carbocycles.